The van der Waals surface area contributed by atoms with E-state index in [9.17, 15) is 10.1 Å². The van der Waals surface area contributed by atoms with Gasteiger partial charge < -0.3 is 10.1 Å². The molecule has 122 valence electrons. The van der Waals surface area contributed by atoms with Gasteiger partial charge in [-0.3, -0.25) is 4.79 Å². The van der Waals surface area contributed by atoms with Gasteiger partial charge >= 0.3 is 0 Å². The van der Waals surface area contributed by atoms with Crippen molar-refractivity contribution in [2.24, 2.45) is 5.92 Å². The lowest BCUT2D eigenvalue weighted by Gasteiger charge is -2.08. The minimum absolute atomic E-state index is 0.0506. The van der Waals surface area contributed by atoms with Gasteiger partial charge in [0, 0.05) is 5.69 Å². The molecule has 24 heavy (non-hydrogen) atoms. The van der Waals surface area contributed by atoms with Crippen molar-refractivity contribution in [3.8, 4) is 11.8 Å². The van der Waals surface area contributed by atoms with E-state index < -0.39 is 5.91 Å². The van der Waals surface area contributed by atoms with Gasteiger partial charge in [0.05, 0.1) is 6.61 Å². The third-order valence-corrected chi connectivity index (χ3v) is 3.17. The number of hydrogen-bond acceptors (Lipinski definition) is 3. The van der Waals surface area contributed by atoms with Gasteiger partial charge in [-0.25, -0.2) is 0 Å². The molecule has 0 atom stereocenters. The molecular formula is C20H20N2O2. The Hall–Kier alpha value is -3.06. The maximum absolute atomic E-state index is 12.2. The first kappa shape index (κ1) is 17.3. The zero-order valence-corrected chi connectivity index (χ0v) is 13.8. The number of para-hydroxylation sites is 1. The Morgan fingerprint density at radius 2 is 1.83 bits per heavy atom. The second kappa shape index (κ2) is 8.54. The van der Waals surface area contributed by atoms with Crippen molar-refractivity contribution in [2.45, 2.75) is 13.8 Å². The van der Waals surface area contributed by atoms with Crippen LogP contribution >= 0.6 is 0 Å². The fourth-order valence-corrected chi connectivity index (χ4v) is 1.96. The topological polar surface area (TPSA) is 62.1 Å². The Balaban J connectivity index is 2.06. The van der Waals surface area contributed by atoms with Crippen LogP contribution in [0, 0.1) is 17.2 Å². The molecule has 0 saturated heterocycles. The number of rotatable bonds is 6. The second-order valence-electron chi connectivity index (χ2n) is 5.76. The predicted octanol–water partition coefficient (Wildman–Crippen LogP) is 4.27. The Morgan fingerprint density at radius 1 is 1.17 bits per heavy atom. The van der Waals surface area contributed by atoms with Crippen LogP contribution in [-0.4, -0.2) is 12.5 Å². The molecule has 0 unspecified atom stereocenters. The van der Waals surface area contributed by atoms with Gasteiger partial charge in [0.1, 0.15) is 17.4 Å². The third kappa shape index (κ3) is 5.29. The van der Waals surface area contributed by atoms with E-state index in [1.165, 1.54) is 0 Å². The fraction of sp³-hybridized carbons (Fsp3) is 0.200. The number of carbonyl (C=O) groups excluding carboxylic acids is 1. The standard InChI is InChI=1S/C20H20N2O2/c1-15(2)14-24-19-10-8-16(9-11-19)12-17(13-21)20(23)22-18-6-4-3-5-7-18/h3-12,15H,14H2,1-2H3,(H,22,23)/b17-12-. The van der Waals surface area contributed by atoms with Gasteiger partial charge in [0.15, 0.2) is 0 Å². The van der Waals surface area contributed by atoms with Crippen LogP contribution in [0.5, 0.6) is 5.75 Å². The molecular weight excluding hydrogens is 300 g/mol. The Morgan fingerprint density at radius 3 is 2.42 bits per heavy atom. The van der Waals surface area contributed by atoms with Crippen molar-refractivity contribution in [1.29, 1.82) is 5.26 Å². The summed E-state index contributed by atoms with van der Waals surface area (Å²) in [6.07, 6.45) is 1.56. The summed E-state index contributed by atoms with van der Waals surface area (Å²) in [7, 11) is 0. The van der Waals surface area contributed by atoms with E-state index in [4.69, 9.17) is 4.74 Å². The number of amides is 1. The molecule has 4 heteroatoms. The highest BCUT2D eigenvalue weighted by atomic mass is 16.5. The molecule has 1 N–H and O–H groups in total. The fourth-order valence-electron chi connectivity index (χ4n) is 1.96. The summed E-state index contributed by atoms with van der Waals surface area (Å²) in [5.41, 5.74) is 1.47. The first-order valence-corrected chi connectivity index (χ1v) is 7.79. The highest BCUT2D eigenvalue weighted by Gasteiger charge is 2.09. The molecule has 0 aliphatic heterocycles. The van der Waals surface area contributed by atoms with E-state index in [2.05, 4.69) is 19.2 Å². The van der Waals surface area contributed by atoms with Crippen LogP contribution in [-0.2, 0) is 4.79 Å². The molecule has 2 aromatic carbocycles. The SMILES string of the molecule is CC(C)COc1ccc(/C=C(/C#N)C(=O)Nc2ccccc2)cc1. The zero-order valence-electron chi connectivity index (χ0n) is 13.8. The van der Waals surface area contributed by atoms with Crippen LogP contribution in [0.3, 0.4) is 0 Å². The lowest BCUT2D eigenvalue weighted by Crippen LogP contribution is -2.13. The van der Waals surface area contributed by atoms with Crippen molar-refractivity contribution < 1.29 is 9.53 Å². The van der Waals surface area contributed by atoms with Crippen molar-refractivity contribution in [2.75, 3.05) is 11.9 Å². The van der Waals surface area contributed by atoms with E-state index in [0.717, 1.165) is 11.3 Å². The molecule has 0 radical (unpaired) electrons. The Kier molecular flexibility index (Phi) is 6.16. The first-order chi connectivity index (χ1) is 11.6. The van der Waals surface area contributed by atoms with Crippen molar-refractivity contribution >= 4 is 17.7 Å². The zero-order chi connectivity index (χ0) is 17.4. The second-order valence-corrected chi connectivity index (χ2v) is 5.76. The smallest absolute Gasteiger partial charge is 0.266 e. The summed E-state index contributed by atoms with van der Waals surface area (Å²) in [6.45, 7) is 4.82. The summed E-state index contributed by atoms with van der Waals surface area (Å²) in [6, 6.07) is 18.3. The monoisotopic (exact) mass is 320 g/mol. The predicted molar refractivity (Wildman–Crippen MR) is 95.4 cm³/mol. The number of carbonyl (C=O) groups is 1. The summed E-state index contributed by atoms with van der Waals surface area (Å²) in [5, 5.41) is 11.9. The molecule has 2 aromatic rings. The summed E-state index contributed by atoms with van der Waals surface area (Å²) in [4.78, 5) is 12.2. The molecule has 1 amide bonds. The van der Waals surface area contributed by atoms with Gasteiger partial charge in [-0.05, 0) is 41.8 Å². The largest absolute Gasteiger partial charge is 0.493 e. The summed E-state index contributed by atoms with van der Waals surface area (Å²) >= 11 is 0. The van der Waals surface area contributed by atoms with Crippen LogP contribution in [0.15, 0.2) is 60.2 Å². The molecule has 0 spiro atoms. The molecule has 0 saturated carbocycles. The van der Waals surface area contributed by atoms with Gasteiger partial charge in [0.2, 0.25) is 0 Å². The van der Waals surface area contributed by atoms with E-state index in [1.807, 2.05) is 48.5 Å². The van der Waals surface area contributed by atoms with Crippen LogP contribution in [0.1, 0.15) is 19.4 Å². The number of ether oxygens (including phenoxy) is 1. The van der Waals surface area contributed by atoms with Crippen molar-refractivity contribution in [3.63, 3.8) is 0 Å². The molecule has 0 aromatic heterocycles. The minimum Gasteiger partial charge on any atom is -0.493 e. The van der Waals surface area contributed by atoms with E-state index >= 15 is 0 Å². The summed E-state index contributed by atoms with van der Waals surface area (Å²) < 4.78 is 5.62. The van der Waals surface area contributed by atoms with Crippen LogP contribution < -0.4 is 10.1 Å². The van der Waals surface area contributed by atoms with Crippen LogP contribution in [0.2, 0.25) is 0 Å². The molecule has 0 bridgehead atoms. The highest BCUT2D eigenvalue weighted by molar-refractivity contribution is 6.09. The van der Waals surface area contributed by atoms with Gasteiger partial charge in [-0.1, -0.05) is 44.2 Å². The third-order valence-electron chi connectivity index (χ3n) is 3.17. The lowest BCUT2D eigenvalue weighted by molar-refractivity contribution is -0.112. The maximum atomic E-state index is 12.2. The first-order valence-electron chi connectivity index (χ1n) is 7.79. The normalized spacial score (nSPS) is 11.0. The average molecular weight is 320 g/mol. The quantitative estimate of drug-likeness (QED) is 0.639. The number of nitrogens with one attached hydrogen (secondary N) is 1. The number of anilines is 1. The number of hydrogen-bond donors (Lipinski definition) is 1. The van der Waals surface area contributed by atoms with Gasteiger partial charge in [-0.15, -0.1) is 0 Å². The van der Waals surface area contributed by atoms with Crippen LogP contribution in [0.25, 0.3) is 6.08 Å². The van der Waals surface area contributed by atoms with Gasteiger partial charge in [-0.2, -0.15) is 5.26 Å². The Labute approximate surface area is 142 Å². The molecule has 4 nitrogen and oxygen atoms in total. The minimum atomic E-state index is -0.427. The lowest BCUT2D eigenvalue weighted by atomic mass is 10.1. The van der Waals surface area contributed by atoms with Crippen molar-refractivity contribution in [1.82, 2.24) is 0 Å². The molecule has 0 aliphatic carbocycles. The average Bonchev–Trinajstić information content (AvgIpc) is 2.59. The van der Waals surface area contributed by atoms with Crippen molar-refractivity contribution in [3.05, 3.63) is 65.7 Å². The van der Waals surface area contributed by atoms with E-state index in [-0.39, 0.29) is 5.57 Å². The van der Waals surface area contributed by atoms with E-state index in [1.54, 1.807) is 18.2 Å². The summed E-state index contributed by atoms with van der Waals surface area (Å²) in [5.74, 6) is 0.799. The van der Waals surface area contributed by atoms with Gasteiger partial charge in [0.25, 0.3) is 5.91 Å². The number of benzene rings is 2. The van der Waals surface area contributed by atoms with Crippen LogP contribution in [0.4, 0.5) is 5.69 Å². The number of nitriles is 1. The Bertz CT molecular complexity index is 741. The number of nitrogens with zero attached hydrogens (tertiary/aromatic N) is 1. The highest BCUT2D eigenvalue weighted by Crippen LogP contribution is 2.16. The maximum Gasteiger partial charge on any atom is 0.266 e. The molecule has 2 rings (SSSR count). The molecule has 0 aliphatic rings. The van der Waals surface area contributed by atoms with E-state index in [0.29, 0.717) is 18.2 Å². The molecule has 0 fully saturated rings. The molecule has 0 heterocycles.